The number of halogens is 10. The van der Waals surface area contributed by atoms with Crippen molar-refractivity contribution in [1.82, 2.24) is 0 Å². The highest BCUT2D eigenvalue weighted by atomic mass is 80.9. The number of nitro groups is 1. The van der Waals surface area contributed by atoms with E-state index in [1.165, 1.54) is 49.7 Å². The molecule has 0 fully saturated rings. The van der Waals surface area contributed by atoms with Crippen LogP contribution in [0.5, 0.6) is 40.2 Å². The number of aromatic hydroxyl groups is 5. The zero-order chi connectivity index (χ0) is 144. The molecule has 7 aromatic carbocycles. The highest BCUT2D eigenvalue weighted by molar-refractivity contribution is 9.93. The van der Waals surface area contributed by atoms with Gasteiger partial charge in [-0.25, -0.2) is 0 Å². The van der Waals surface area contributed by atoms with Crippen LogP contribution in [-0.2, 0) is 80.0 Å². The molecule has 0 spiro atoms. The number of rotatable bonds is 4. The van der Waals surface area contributed by atoms with Gasteiger partial charge in [-0.2, -0.15) is 0 Å². The van der Waals surface area contributed by atoms with Crippen LogP contribution in [0.1, 0.15) is 432 Å². The van der Waals surface area contributed by atoms with Crippen molar-refractivity contribution in [3.8, 4) is 40.2 Å². The van der Waals surface area contributed by atoms with Crippen LogP contribution in [0.2, 0.25) is 0 Å². The summed E-state index contributed by atoms with van der Waals surface area (Å²) in [4.78, 5) is 34.3. The van der Waals surface area contributed by atoms with Gasteiger partial charge < -0.3 is 40.1 Å². The highest BCUT2D eigenvalue weighted by Gasteiger charge is 2.37. The fraction of sp³-hybridized carbons (Fsp3) is 0.569. The molecular formula is C102H159Br5Cl5NO12. The molecule has 7 rings (SSSR count). The van der Waals surface area contributed by atoms with E-state index in [1.807, 2.05) is 32.9 Å². The molecule has 0 unspecified atom stereocenters. The smallest absolute Gasteiger partial charge is 0.308 e. The lowest BCUT2D eigenvalue weighted by Gasteiger charge is -2.31. The number of hydrogen-bond donors (Lipinski definition) is 6. The van der Waals surface area contributed by atoms with Crippen LogP contribution in [-0.4, -0.2) is 67.9 Å². The second kappa shape index (κ2) is 54.0. The molecule has 714 valence electrons. The first kappa shape index (κ1) is 61.5. The van der Waals surface area contributed by atoms with E-state index in [0.717, 1.165) is 44.7 Å². The Hall–Kier alpha value is -4.31. The van der Waals surface area contributed by atoms with Gasteiger partial charge in [0.15, 0.2) is 5.75 Å². The molecule has 0 saturated carbocycles. The minimum Gasteiger partial charge on any atom is -0.508 e. The molecule has 23 heteroatoms. The number of carbonyl (C=O) groups is 2. The Bertz CT molecular complexity index is 6240. The molecule has 0 radical (unpaired) electrons. The van der Waals surface area contributed by atoms with Crippen LogP contribution in [0, 0.1) is 10.1 Å². The van der Waals surface area contributed by atoms with E-state index in [0.29, 0.717) is 28.0 Å². The van der Waals surface area contributed by atoms with Gasteiger partial charge in [-0.3, -0.25) is 19.7 Å². The van der Waals surface area contributed by atoms with E-state index in [2.05, 4.69) is 114 Å². The Morgan fingerprint density at radius 2 is 0.672 bits per heavy atom. The van der Waals surface area contributed by atoms with Crippen molar-refractivity contribution in [1.29, 1.82) is 2.60 Å². The Labute approximate surface area is 898 Å². The third-order valence-corrected chi connectivity index (χ3v) is 18.2. The number of nitrogens with zero attached hydrogens (tertiary/aromatic N) is 1. The monoisotopic (exact) mass is 2210 g/mol. The van der Waals surface area contributed by atoms with Crippen LogP contribution < -0.4 is 9.47 Å². The van der Waals surface area contributed by atoms with Gasteiger partial charge in [-0.15, -0.1) is 58.7 Å². The minimum atomic E-state index is -3.65. The van der Waals surface area contributed by atoms with Gasteiger partial charge in [0.25, 0.3) is 7.12 Å². The topological polar surface area (TPSA) is 217 Å². The van der Waals surface area contributed by atoms with Gasteiger partial charge in [-0.1, -0.05) is 337 Å². The first-order valence-corrected chi connectivity index (χ1v) is 44.8. The number of phenols is 5. The van der Waals surface area contributed by atoms with Crippen molar-refractivity contribution in [2.24, 2.45) is 0 Å². The van der Waals surface area contributed by atoms with Crippen molar-refractivity contribution in [3.63, 3.8) is 0 Å². The number of alkyl halides is 4. The van der Waals surface area contributed by atoms with E-state index in [4.69, 9.17) is 139 Å². The summed E-state index contributed by atoms with van der Waals surface area (Å²) in [5.41, 5.74) is -22.9. The third-order valence-electron chi connectivity index (χ3n) is 16.3. The molecular weight excluding hydrogens is 2010 g/mol. The summed E-state index contributed by atoms with van der Waals surface area (Å²) >= 11 is 37.6. The predicted octanol–water partition coefficient (Wildman–Crippen LogP) is 34.4. The first-order chi connectivity index (χ1) is 77.7. The molecule has 6 N–H and O–H groups in total. The summed E-state index contributed by atoms with van der Waals surface area (Å²) in [6.07, 6.45) is 0. The van der Waals surface area contributed by atoms with Crippen molar-refractivity contribution in [2.45, 2.75) is 361 Å². The minimum absolute atomic E-state index is 0. The van der Waals surface area contributed by atoms with Crippen molar-refractivity contribution < 1.29 is 125 Å². The fourth-order valence-electron chi connectivity index (χ4n) is 9.57. The Morgan fingerprint density at radius 3 is 1.00 bits per heavy atom. The number of aliphatic hydroxyl groups is 1. The Kier molecular flexibility index (Phi) is 26.6. The fourth-order valence-corrected chi connectivity index (χ4v) is 11.2. The van der Waals surface area contributed by atoms with Gasteiger partial charge in [0.05, 0.1) is 28.7 Å². The Balaban J connectivity index is -0.000000484. The molecule has 0 amide bonds. The number of aliphatic hydroxyl groups excluding tert-OH is 1. The molecule has 0 bridgehead atoms. The maximum Gasteiger partial charge on any atom is 0.308 e. The second-order valence-electron chi connectivity index (χ2n) is 34.9. The molecule has 0 aliphatic heterocycles. The lowest BCUT2D eigenvalue weighted by molar-refractivity contribution is -0.386. The maximum absolute atomic E-state index is 11.8. The van der Waals surface area contributed by atoms with E-state index in [1.54, 1.807) is 134 Å². The molecule has 0 aliphatic rings. The van der Waals surface area contributed by atoms with Crippen LogP contribution in [0.25, 0.3) is 0 Å². The van der Waals surface area contributed by atoms with Crippen molar-refractivity contribution in [3.05, 3.63) is 205 Å². The van der Waals surface area contributed by atoms with E-state index in [9.17, 15) is 35.0 Å². The van der Waals surface area contributed by atoms with Gasteiger partial charge in [0.1, 0.15) is 40.1 Å². The molecule has 0 heterocycles. The van der Waals surface area contributed by atoms with Crippen molar-refractivity contribution in [2.75, 3.05) is 17.8 Å². The Morgan fingerprint density at radius 1 is 0.392 bits per heavy atom. The van der Waals surface area contributed by atoms with Crippen LogP contribution in [0.15, 0.2) is 123 Å². The summed E-state index contributed by atoms with van der Waals surface area (Å²) < 4.78 is 422. The van der Waals surface area contributed by atoms with E-state index >= 15 is 0 Å². The summed E-state index contributed by atoms with van der Waals surface area (Å²) in [6.45, 7) is -12.6. The van der Waals surface area contributed by atoms with Crippen molar-refractivity contribution >= 4 is 152 Å². The number of ether oxygens (including phenoxy) is 2. The predicted molar refractivity (Wildman–Crippen MR) is 562 cm³/mol. The highest BCUT2D eigenvalue weighted by Crippen LogP contribution is 2.49. The number of benzene rings is 7. The number of phenolic OH excluding ortho intramolecular Hbond substituents is 5. The summed E-state index contributed by atoms with van der Waals surface area (Å²) in [6, 6.07) is 21.4. The average molecular weight is 2220 g/mol. The zero-order valence-electron chi connectivity index (χ0n) is 127. The van der Waals surface area contributed by atoms with Crippen LogP contribution in [0.4, 0.5) is 5.69 Å². The van der Waals surface area contributed by atoms with Gasteiger partial charge >= 0.3 is 11.9 Å². The number of esters is 2. The first-order valence-electron chi connectivity index (χ1n) is 62.8. The SMILES string of the molecule is BrBr.C.CC(C)(C)c1ccc(O)cc1.CO.ClCCl.ClCCl.[2H]C([2H])([2H])C(C)(C)c1cc(C(C)(C)C)cc(C(C([2H])([2H])[2H])(C([2H])([2H])[2H])C([2H])([2H])[2H])c1O.[2H]C([2H])([2H])C(c1cc(C(C)(C)C)c([N+](=O)[O-])c(Br)c1OC(C)=O)(C([2H])([2H])[2H])C([2H])([2H])[2H].[2H]C([2H])([2H])C(c1cc(C(C)(C)C)cc(Br)c1O)(C([2H])([2H])[2H])C([2H])([2H])[2H].[2H]C([2H])([2H])C(c1cc(C(C)(C)C)cc(Br)c1OC(C)=O)(C([2H])([2H])[2H])C([2H])([2H])[2H].[2H]Cl.[2H]Oc1c([2H])cc(C(C)(C)C)cc1[2H].[2H]c1cc(C(C)(C)C)cc(C(C([2H])([2H])[2H])(C([2H])([2H])[2H])C([2H])([2H])[2H])c1O. The molecule has 7 aromatic rings. The average Bonchev–Trinajstić information content (AvgIpc) is 0.689. The summed E-state index contributed by atoms with van der Waals surface area (Å²) in [5.74, 6) is -5.42. The largest absolute Gasteiger partial charge is 0.508 e. The lowest BCUT2D eigenvalue weighted by Crippen LogP contribution is -2.21. The van der Waals surface area contributed by atoms with E-state index < -0.39 is 259 Å². The molecule has 0 aliphatic carbocycles. The molecule has 0 atom stereocenters. The zero-order valence-corrected chi connectivity index (χ0v) is 86.1. The quantitative estimate of drug-likeness (QED) is 0.0319. The van der Waals surface area contributed by atoms with Gasteiger partial charge in [0, 0.05) is 137 Å². The molecule has 125 heavy (non-hydrogen) atoms. The third kappa shape index (κ3) is 47.6. The van der Waals surface area contributed by atoms with E-state index in [-0.39, 0.29) is 66.8 Å². The normalized spacial score (nSPS) is 19.5. The molecule has 0 saturated heterocycles. The standard InChI is InChI=1S/C18H30O.C16H22BrNO4.C16H23BrO2.C14H21BrO.C14H22O.2C10H14O.2CH2Cl2.CH4O.CH4.Br2.ClH/c1-16(2,3)12-10-13(17(4,5)6)15(19)14(11-12)18(7,8)9;1-9(19)22-14-11(16(5,6)7)8-10(15(2,3)4)13(12(14)17)18(20)21;1-10(18)19-14-12(16(5,6)7)8-11(9-13(14)17)15(2,3)4;1-13(2,3)9-7-10(14(4,5)6)12(16)11(15)8-9;1-13(2,3)10-7-8-12(15)11(9-10)14(4,5)6;2*1-10(2,3)8-4-6-9(11)7-5-8;2*2-1-3;1-2;;1-2;/h10-11,19H,1-9H3;8H,1-7H3;8-9H,1-7H3;7-8,16H,1-6H3;7-9,15H,1-6H3;2*4-7,11H,1-3H3;2*1H2;2H,1H3;1H4;;1H/i4D3,5D3,6D3,7D3;2*5D3,6D3,7D3;4D3,5D3,6D3;4D3,5D3,6D3,8D;6D,7D;;;;;;;/hD2. The lowest BCUT2D eigenvalue weighted by atomic mass is 9.75. The van der Waals surface area contributed by atoms with Gasteiger partial charge in [0.2, 0.25) is 0 Å². The van der Waals surface area contributed by atoms with Crippen LogP contribution >= 0.6 is 135 Å². The number of nitro benzene ring substituents is 1. The molecule has 0 aromatic heterocycles. The second-order valence-corrected chi connectivity index (χ2v) is 39.0. The summed E-state index contributed by atoms with van der Waals surface area (Å²) in [7, 11) is 1.00. The summed E-state index contributed by atoms with van der Waals surface area (Å²) in [5, 5.41) is 64.2. The number of carbonyl (C=O) groups excluding carboxylic acids is 2. The molecule has 13 nitrogen and oxygen atoms in total. The van der Waals surface area contributed by atoms with Crippen LogP contribution in [0.3, 0.4) is 0 Å². The maximum atomic E-state index is 11.8. The van der Waals surface area contributed by atoms with Gasteiger partial charge in [-0.05, 0) is 217 Å². The number of hydrogen-bond acceptors (Lipinski definition) is 12.